The van der Waals surface area contributed by atoms with Crippen LogP contribution in [0.25, 0.3) is 5.57 Å². The minimum atomic E-state index is -0.255. The van der Waals surface area contributed by atoms with Gasteiger partial charge < -0.3 is 10.1 Å². The molecule has 2 aromatic carbocycles. The Kier molecular flexibility index (Phi) is 10.5. The second kappa shape index (κ2) is 13.1. The van der Waals surface area contributed by atoms with Crippen molar-refractivity contribution in [3.63, 3.8) is 0 Å². The van der Waals surface area contributed by atoms with Gasteiger partial charge in [0.1, 0.15) is 5.82 Å². The van der Waals surface area contributed by atoms with Crippen molar-refractivity contribution >= 4 is 66.1 Å². The molecule has 1 fully saturated rings. The first-order valence-electron chi connectivity index (χ1n) is 10.8. The molecule has 2 unspecified atom stereocenters. The zero-order chi connectivity index (χ0) is 22.9. The predicted molar refractivity (Wildman–Crippen MR) is 147 cm³/mol. The smallest absolute Gasteiger partial charge is 0.228 e. The van der Waals surface area contributed by atoms with Gasteiger partial charge in [-0.15, -0.1) is 9.24 Å². The lowest BCUT2D eigenvalue weighted by molar-refractivity contribution is -0.115. The highest BCUT2D eigenvalue weighted by Crippen LogP contribution is 2.30. The second-order valence-corrected chi connectivity index (χ2v) is 11.2. The van der Waals surface area contributed by atoms with Crippen LogP contribution in [0.3, 0.4) is 0 Å². The van der Waals surface area contributed by atoms with Crippen LogP contribution >= 0.6 is 43.6 Å². The van der Waals surface area contributed by atoms with Gasteiger partial charge in [0.25, 0.3) is 0 Å². The summed E-state index contributed by atoms with van der Waals surface area (Å²) in [5.74, 6) is 0.664. The van der Waals surface area contributed by atoms with Crippen molar-refractivity contribution in [3.8, 4) is 0 Å². The Bertz CT molecular complexity index is 943. The van der Waals surface area contributed by atoms with Crippen molar-refractivity contribution in [2.24, 2.45) is 0 Å². The molecule has 1 saturated heterocycles. The van der Waals surface area contributed by atoms with Crippen molar-refractivity contribution in [2.45, 2.75) is 36.0 Å². The van der Waals surface area contributed by atoms with Crippen molar-refractivity contribution in [2.75, 3.05) is 30.5 Å². The van der Waals surface area contributed by atoms with Crippen LogP contribution in [-0.4, -0.2) is 35.1 Å². The van der Waals surface area contributed by atoms with Crippen molar-refractivity contribution < 1.29 is 13.9 Å². The number of hydrogen-bond donors (Lipinski definition) is 1. The SMILES string of the molecule is CSCC(I)CCc1c(F)cccc1NC(=O)CC(=C1CCOCC1)c1ccc(P)cc1. The normalized spacial score (nSPS) is 14.8. The van der Waals surface area contributed by atoms with E-state index in [1.165, 1.54) is 11.6 Å². The first kappa shape index (κ1) is 25.7. The molecule has 2 atom stereocenters. The van der Waals surface area contributed by atoms with Crippen LogP contribution in [0.4, 0.5) is 10.1 Å². The molecule has 7 heteroatoms. The summed E-state index contributed by atoms with van der Waals surface area (Å²) in [6.45, 7) is 1.37. The number of halogens is 2. The molecule has 0 saturated carbocycles. The number of carbonyl (C=O) groups is 1. The molecule has 172 valence electrons. The van der Waals surface area contributed by atoms with E-state index in [1.807, 2.05) is 12.1 Å². The van der Waals surface area contributed by atoms with Crippen LogP contribution in [0.1, 0.15) is 36.8 Å². The second-order valence-electron chi connectivity index (χ2n) is 7.90. The summed E-state index contributed by atoms with van der Waals surface area (Å²) >= 11 is 4.21. The number of benzene rings is 2. The van der Waals surface area contributed by atoms with Gasteiger partial charge in [-0.1, -0.05) is 58.5 Å². The Hall–Kier alpha value is -0.950. The number of anilines is 1. The van der Waals surface area contributed by atoms with Crippen molar-refractivity contribution in [1.29, 1.82) is 0 Å². The van der Waals surface area contributed by atoms with Crippen molar-refractivity contribution in [1.82, 2.24) is 0 Å². The highest BCUT2D eigenvalue weighted by molar-refractivity contribution is 14.1. The van der Waals surface area contributed by atoms with Crippen LogP contribution in [0.5, 0.6) is 0 Å². The summed E-state index contributed by atoms with van der Waals surface area (Å²) < 4.78 is 20.6. The van der Waals surface area contributed by atoms with Crippen LogP contribution in [-0.2, 0) is 16.0 Å². The van der Waals surface area contributed by atoms with E-state index >= 15 is 0 Å². The van der Waals surface area contributed by atoms with E-state index in [4.69, 9.17) is 4.74 Å². The lowest BCUT2D eigenvalue weighted by Gasteiger charge is -2.21. The number of rotatable bonds is 9. The molecule has 0 bridgehead atoms. The minimum Gasteiger partial charge on any atom is -0.381 e. The first-order valence-corrected chi connectivity index (χ1v) is 14.0. The average Bonchev–Trinajstić information content (AvgIpc) is 2.78. The Morgan fingerprint density at radius 1 is 1.22 bits per heavy atom. The maximum Gasteiger partial charge on any atom is 0.228 e. The van der Waals surface area contributed by atoms with Gasteiger partial charge in [-0.25, -0.2) is 4.39 Å². The van der Waals surface area contributed by atoms with E-state index in [-0.39, 0.29) is 18.1 Å². The van der Waals surface area contributed by atoms with E-state index in [0.29, 0.717) is 34.8 Å². The molecule has 3 rings (SSSR count). The van der Waals surface area contributed by atoms with E-state index in [0.717, 1.165) is 41.5 Å². The first-order chi connectivity index (χ1) is 15.5. The largest absolute Gasteiger partial charge is 0.381 e. The third-order valence-electron chi connectivity index (χ3n) is 5.57. The number of thioether (sulfide) groups is 1. The Labute approximate surface area is 210 Å². The summed E-state index contributed by atoms with van der Waals surface area (Å²) in [7, 11) is 2.69. The van der Waals surface area contributed by atoms with E-state index < -0.39 is 0 Å². The molecule has 1 amide bonds. The summed E-state index contributed by atoms with van der Waals surface area (Å²) in [4.78, 5) is 13.1. The molecule has 1 heterocycles. The van der Waals surface area contributed by atoms with Crippen molar-refractivity contribution in [3.05, 3.63) is 65.0 Å². The molecule has 0 aromatic heterocycles. The van der Waals surface area contributed by atoms with Crippen LogP contribution in [0.15, 0.2) is 48.0 Å². The molecule has 1 aliphatic rings. The third-order valence-corrected chi connectivity index (χ3v) is 8.35. The van der Waals surface area contributed by atoms with Crippen LogP contribution < -0.4 is 10.6 Å². The molecular weight excluding hydrogens is 555 g/mol. The lowest BCUT2D eigenvalue weighted by Crippen LogP contribution is -2.17. The maximum atomic E-state index is 14.6. The number of alkyl halides is 1. The third kappa shape index (κ3) is 7.54. The number of ether oxygens (including phenoxy) is 1. The quantitative estimate of drug-likeness (QED) is 0.222. The van der Waals surface area contributed by atoms with E-state index in [1.54, 1.807) is 23.9 Å². The molecule has 1 aliphatic heterocycles. The molecule has 0 radical (unpaired) electrons. The zero-order valence-electron chi connectivity index (χ0n) is 18.3. The predicted octanol–water partition coefficient (Wildman–Crippen LogP) is 6.02. The van der Waals surface area contributed by atoms with Gasteiger partial charge >= 0.3 is 0 Å². The summed E-state index contributed by atoms with van der Waals surface area (Å²) in [6.07, 6.45) is 5.51. The summed E-state index contributed by atoms with van der Waals surface area (Å²) in [6, 6.07) is 13.1. The lowest BCUT2D eigenvalue weighted by atomic mass is 9.92. The molecule has 32 heavy (non-hydrogen) atoms. The van der Waals surface area contributed by atoms with Gasteiger partial charge in [0.15, 0.2) is 0 Å². The summed E-state index contributed by atoms with van der Waals surface area (Å²) in [5.41, 5.74) is 4.57. The molecule has 0 spiro atoms. The fourth-order valence-corrected chi connectivity index (χ4v) is 6.00. The van der Waals surface area contributed by atoms with Crippen LogP contribution in [0.2, 0.25) is 0 Å². The van der Waals surface area contributed by atoms with Gasteiger partial charge in [0.05, 0.1) is 19.6 Å². The molecule has 3 nitrogen and oxygen atoms in total. The minimum absolute atomic E-state index is 0.115. The van der Waals surface area contributed by atoms with E-state index in [9.17, 15) is 9.18 Å². The van der Waals surface area contributed by atoms with Gasteiger partial charge in [-0.2, -0.15) is 11.8 Å². The van der Waals surface area contributed by atoms with E-state index in [2.05, 4.69) is 55.5 Å². The zero-order valence-corrected chi connectivity index (χ0v) is 22.5. The van der Waals surface area contributed by atoms with Gasteiger partial charge in [-0.05, 0) is 60.5 Å². The number of amides is 1. The highest BCUT2D eigenvalue weighted by atomic mass is 127. The van der Waals surface area contributed by atoms with Gasteiger partial charge in [-0.3, -0.25) is 4.79 Å². The van der Waals surface area contributed by atoms with Gasteiger partial charge in [0.2, 0.25) is 5.91 Å². The fraction of sp³-hybridized carbons (Fsp3) is 0.400. The topological polar surface area (TPSA) is 38.3 Å². The number of carbonyl (C=O) groups excluding carboxylic acids is 1. The number of hydrogen-bond acceptors (Lipinski definition) is 3. The highest BCUT2D eigenvalue weighted by Gasteiger charge is 2.18. The van der Waals surface area contributed by atoms with Gasteiger partial charge in [0, 0.05) is 20.9 Å². The number of nitrogens with one attached hydrogen (secondary N) is 1. The average molecular weight is 585 g/mol. The molecule has 2 aromatic rings. The monoisotopic (exact) mass is 585 g/mol. The summed E-state index contributed by atoms with van der Waals surface area (Å²) in [5, 5.41) is 4.11. The Morgan fingerprint density at radius 3 is 2.62 bits per heavy atom. The molecule has 0 aliphatic carbocycles. The fourth-order valence-electron chi connectivity index (χ4n) is 3.89. The standard InChI is InChI=1S/C25H30FINO2PS/c1-32-16-19(27)7-10-21-23(26)3-2-4-24(21)28-25(29)15-22(18-11-13-30-14-12-18)17-5-8-20(31)9-6-17/h2-6,8-9,19H,7,10-16,31H2,1H3,(H,28,29). The molecular formula is C25H30FINO2PS. The Morgan fingerprint density at radius 2 is 1.94 bits per heavy atom. The Balaban J connectivity index is 1.78. The maximum absolute atomic E-state index is 14.6. The van der Waals surface area contributed by atoms with Crippen LogP contribution in [0, 0.1) is 5.82 Å². The molecule has 1 N–H and O–H groups in total.